The standard InChI is InChI=1S/C15H22O3/c1-10(7-14(17)18)5-6-13-11(2)8-12(16)9-15(13,3)4/h7-8,13H,5-6,9H2,1-4H3,(H,17,18)/b10-7-/t13-/m1/s1. The first kappa shape index (κ1) is 14.7. The van der Waals surface area contributed by atoms with Crippen LogP contribution in [0, 0.1) is 11.3 Å². The quantitative estimate of drug-likeness (QED) is 0.778. The molecule has 100 valence electrons. The molecule has 3 nitrogen and oxygen atoms in total. The van der Waals surface area contributed by atoms with Crippen molar-refractivity contribution in [3.8, 4) is 0 Å². The number of hydrogen-bond donors (Lipinski definition) is 1. The Balaban J connectivity index is 2.74. The highest BCUT2D eigenvalue weighted by Crippen LogP contribution is 2.42. The van der Waals surface area contributed by atoms with E-state index in [-0.39, 0.29) is 11.2 Å². The third-order valence-electron chi connectivity index (χ3n) is 3.71. The number of rotatable bonds is 4. The SMILES string of the molecule is CC1=CC(=O)CC(C)(C)[C@@H]1CC/C(C)=C\C(=O)O. The lowest BCUT2D eigenvalue weighted by molar-refractivity contribution is -0.131. The van der Waals surface area contributed by atoms with Crippen molar-refractivity contribution in [1.29, 1.82) is 0 Å². The zero-order valence-corrected chi connectivity index (χ0v) is 11.6. The van der Waals surface area contributed by atoms with Crippen LogP contribution >= 0.6 is 0 Å². The number of aliphatic carboxylic acids is 1. The molecule has 0 radical (unpaired) electrons. The Morgan fingerprint density at radius 3 is 2.67 bits per heavy atom. The fourth-order valence-corrected chi connectivity index (χ4v) is 2.87. The maximum absolute atomic E-state index is 11.6. The van der Waals surface area contributed by atoms with Crippen molar-refractivity contribution in [2.45, 2.75) is 47.0 Å². The van der Waals surface area contributed by atoms with Gasteiger partial charge in [0.25, 0.3) is 0 Å². The van der Waals surface area contributed by atoms with Gasteiger partial charge in [-0.15, -0.1) is 0 Å². The summed E-state index contributed by atoms with van der Waals surface area (Å²) in [7, 11) is 0. The number of carbonyl (C=O) groups excluding carboxylic acids is 1. The fourth-order valence-electron chi connectivity index (χ4n) is 2.87. The van der Waals surface area contributed by atoms with Crippen LogP contribution in [-0.4, -0.2) is 16.9 Å². The molecule has 0 saturated heterocycles. The van der Waals surface area contributed by atoms with E-state index in [1.54, 1.807) is 6.08 Å². The van der Waals surface area contributed by atoms with E-state index >= 15 is 0 Å². The summed E-state index contributed by atoms with van der Waals surface area (Å²) < 4.78 is 0. The summed E-state index contributed by atoms with van der Waals surface area (Å²) in [6.45, 7) is 8.07. The lowest BCUT2D eigenvalue weighted by atomic mass is 9.66. The summed E-state index contributed by atoms with van der Waals surface area (Å²) in [6, 6.07) is 0. The molecule has 18 heavy (non-hydrogen) atoms. The zero-order chi connectivity index (χ0) is 13.9. The van der Waals surface area contributed by atoms with E-state index < -0.39 is 5.97 Å². The van der Waals surface area contributed by atoms with E-state index in [2.05, 4.69) is 13.8 Å². The molecule has 0 heterocycles. The molecule has 0 spiro atoms. The maximum Gasteiger partial charge on any atom is 0.328 e. The highest BCUT2D eigenvalue weighted by Gasteiger charge is 2.35. The molecule has 0 aromatic carbocycles. The largest absolute Gasteiger partial charge is 0.478 e. The lowest BCUT2D eigenvalue weighted by Gasteiger charge is -2.37. The first-order valence-electron chi connectivity index (χ1n) is 6.33. The number of carbonyl (C=O) groups is 2. The smallest absolute Gasteiger partial charge is 0.328 e. The zero-order valence-electron chi connectivity index (χ0n) is 11.6. The second kappa shape index (κ2) is 5.51. The Morgan fingerprint density at radius 2 is 2.17 bits per heavy atom. The second-order valence-corrected chi connectivity index (χ2v) is 5.94. The van der Waals surface area contributed by atoms with Crippen molar-refractivity contribution in [1.82, 2.24) is 0 Å². The predicted octanol–water partition coefficient (Wildman–Crippen LogP) is 3.36. The molecule has 0 aromatic heterocycles. The summed E-state index contributed by atoms with van der Waals surface area (Å²) in [4.78, 5) is 22.1. The Labute approximate surface area is 109 Å². The predicted molar refractivity (Wildman–Crippen MR) is 71.3 cm³/mol. The monoisotopic (exact) mass is 250 g/mol. The van der Waals surface area contributed by atoms with Crippen LogP contribution in [0.25, 0.3) is 0 Å². The number of carboxylic acids is 1. The van der Waals surface area contributed by atoms with Gasteiger partial charge in [0.05, 0.1) is 0 Å². The number of carboxylic acid groups (broad SMARTS) is 1. The van der Waals surface area contributed by atoms with Gasteiger partial charge in [0, 0.05) is 12.5 Å². The first-order valence-corrected chi connectivity index (χ1v) is 6.33. The molecule has 1 aliphatic carbocycles. The molecule has 1 atom stereocenters. The molecule has 1 aliphatic rings. The van der Waals surface area contributed by atoms with E-state index in [1.165, 1.54) is 6.08 Å². The number of allylic oxidation sites excluding steroid dienone is 3. The summed E-state index contributed by atoms with van der Waals surface area (Å²) in [5.41, 5.74) is 1.97. The summed E-state index contributed by atoms with van der Waals surface area (Å²) in [5.74, 6) is -0.336. The van der Waals surface area contributed by atoms with Crippen LogP contribution in [0.5, 0.6) is 0 Å². The highest BCUT2D eigenvalue weighted by molar-refractivity contribution is 5.92. The molecule has 0 saturated carbocycles. The van der Waals surface area contributed by atoms with Gasteiger partial charge in [-0.3, -0.25) is 4.79 Å². The van der Waals surface area contributed by atoms with Crippen molar-refractivity contribution in [2.75, 3.05) is 0 Å². The Hall–Kier alpha value is -1.38. The third kappa shape index (κ3) is 3.83. The van der Waals surface area contributed by atoms with Crippen LogP contribution in [0.15, 0.2) is 23.3 Å². The van der Waals surface area contributed by atoms with E-state index in [0.717, 1.165) is 24.0 Å². The second-order valence-electron chi connectivity index (χ2n) is 5.94. The minimum atomic E-state index is -0.891. The molecule has 0 aliphatic heterocycles. The van der Waals surface area contributed by atoms with Crippen LogP contribution in [0.3, 0.4) is 0 Å². The van der Waals surface area contributed by atoms with Crippen LogP contribution in [0.4, 0.5) is 0 Å². The Kier molecular flexibility index (Phi) is 4.49. The lowest BCUT2D eigenvalue weighted by Crippen LogP contribution is -2.31. The summed E-state index contributed by atoms with van der Waals surface area (Å²) >= 11 is 0. The van der Waals surface area contributed by atoms with Gasteiger partial charge in [0.1, 0.15) is 0 Å². The number of hydrogen-bond acceptors (Lipinski definition) is 2. The minimum absolute atomic E-state index is 0.0284. The molecule has 1 rings (SSSR count). The van der Waals surface area contributed by atoms with Gasteiger partial charge in [-0.1, -0.05) is 25.0 Å². The van der Waals surface area contributed by atoms with Gasteiger partial charge in [0.15, 0.2) is 5.78 Å². The topological polar surface area (TPSA) is 54.4 Å². The average Bonchev–Trinajstić information content (AvgIpc) is 2.12. The molecule has 0 fully saturated rings. The van der Waals surface area contributed by atoms with Crippen molar-refractivity contribution in [3.63, 3.8) is 0 Å². The van der Waals surface area contributed by atoms with Gasteiger partial charge >= 0.3 is 5.97 Å². The van der Waals surface area contributed by atoms with E-state index in [9.17, 15) is 9.59 Å². The van der Waals surface area contributed by atoms with E-state index in [4.69, 9.17) is 5.11 Å². The number of ketones is 1. The molecule has 0 aromatic rings. The van der Waals surface area contributed by atoms with Crippen molar-refractivity contribution >= 4 is 11.8 Å². The summed E-state index contributed by atoms with van der Waals surface area (Å²) in [6.07, 6.45) is 5.25. The first-order chi connectivity index (χ1) is 8.22. The van der Waals surface area contributed by atoms with Crippen LogP contribution < -0.4 is 0 Å². The normalized spacial score (nSPS) is 23.8. The summed E-state index contributed by atoms with van der Waals surface area (Å²) in [5, 5.41) is 8.68. The van der Waals surface area contributed by atoms with Gasteiger partial charge in [-0.25, -0.2) is 4.79 Å². The Bertz CT molecular complexity index is 413. The van der Waals surface area contributed by atoms with Crippen LogP contribution in [-0.2, 0) is 9.59 Å². The van der Waals surface area contributed by atoms with Crippen molar-refractivity contribution < 1.29 is 14.7 Å². The van der Waals surface area contributed by atoms with E-state index in [1.807, 2.05) is 13.8 Å². The minimum Gasteiger partial charge on any atom is -0.478 e. The molecule has 0 unspecified atom stereocenters. The van der Waals surface area contributed by atoms with Gasteiger partial charge in [-0.05, 0) is 44.1 Å². The average molecular weight is 250 g/mol. The maximum atomic E-state index is 11.6. The highest BCUT2D eigenvalue weighted by atomic mass is 16.4. The fraction of sp³-hybridized carbons (Fsp3) is 0.600. The molecule has 0 bridgehead atoms. The molecule has 3 heteroatoms. The van der Waals surface area contributed by atoms with Gasteiger partial charge in [0.2, 0.25) is 0 Å². The van der Waals surface area contributed by atoms with Crippen molar-refractivity contribution in [2.24, 2.45) is 11.3 Å². The van der Waals surface area contributed by atoms with E-state index in [0.29, 0.717) is 12.3 Å². The molecule has 0 amide bonds. The van der Waals surface area contributed by atoms with Gasteiger partial charge in [-0.2, -0.15) is 0 Å². The van der Waals surface area contributed by atoms with Gasteiger partial charge < -0.3 is 5.11 Å². The van der Waals surface area contributed by atoms with Crippen LogP contribution in [0.2, 0.25) is 0 Å². The molecular formula is C15H22O3. The van der Waals surface area contributed by atoms with Crippen molar-refractivity contribution in [3.05, 3.63) is 23.3 Å². The molecule has 1 N–H and O–H groups in total. The molecular weight excluding hydrogens is 228 g/mol. The third-order valence-corrected chi connectivity index (χ3v) is 3.71. The Morgan fingerprint density at radius 1 is 1.56 bits per heavy atom. The van der Waals surface area contributed by atoms with Crippen LogP contribution in [0.1, 0.15) is 47.0 Å².